The molecule has 0 aliphatic heterocycles. The summed E-state index contributed by atoms with van der Waals surface area (Å²) >= 11 is 0. The molecule has 0 spiro atoms. The van der Waals surface area contributed by atoms with Crippen molar-refractivity contribution in [3.8, 4) is 5.75 Å². The van der Waals surface area contributed by atoms with Gasteiger partial charge in [-0.3, -0.25) is 4.79 Å². The van der Waals surface area contributed by atoms with Crippen molar-refractivity contribution in [2.24, 2.45) is 11.3 Å². The van der Waals surface area contributed by atoms with Gasteiger partial charge in [-0.05, 0) is 79.0 Å². The maximum Gasteiger partial charge on any atom is 0.309 e. The Morgan fingerprint density at radius 2 is 1.97 bits per heavy atom. The van der Waals surface area contributed by atoms with Crippen LogP contribution in [-0.4, -0.2) is 17.7 Å². The minimum atomic E-state index is -0.622. The third-order valence-corrected chi connectivity index (χ3v) is 7.85. The van der Waals surface area contributed by atoms with E-state index in [1.165, 1.54) is 36.0 Å². The van der Waals surface area contributed by atoms with Gasteiger partial charge in [0.1, 0.15) is 5.75 Å². The zero-order chi connectivity index (χ0) is 21.2. The number of hydrogen-bond donors (Lipinski definition) is 1. The zero-order valence-corrected chi connectivity index (χ0v) is 19.1. The molecule has 162 valence electrons. The van der Waals surface area contributed by atoms with E-state index >= 15 is 0 Å². The van der Waals surface area contributed by atoms with Gasteiger partial charge in [0.05, 0.1) is 12.0 Å². The molecular weight excluding hydrogens is 360 g/mol. The molecule has 0 amide bonds. The van der Waals surface area contributed by atoms with E-state index in [1.54, 1.807) is 0 Å². The Bertz CT molecular complexity index is 738. The Kier molecular flexibility index (Phi) is 6.65. The fourth-order valence-corrected chi connectivity index (χ4v) is 6.06. The number of carbonyl (C=O) groups is 1. The Morgan fingerprint density at radius 1 is 1.21 bits per heavy atom. The molecule has 0 heterocycles. The molecule has 1 N–H and O–H groups in total. The van der Waals surface area contributed by atoms with E-state index in [0.717, 1.165) is 50.9 Å². The van der Waals surface area contributed by atoms with Crippen molar-refractivity contribution in [2.45, 2.75) is 104 Å². The Hall–Kier alpha value is -1.51. The number of aryl methyl sites for hydroxylation is 1. The summed E-state index contributed by atoms with van der Waals surface area (Å²) < 4.78 is 6.32. The largest absolute Gasteiger partial charge is 0.493 e. The molecule has 3 nitrogen and oxygen atoms in total. The minimum absolute atomic E-state index is 0.0746. The zero-order valence-electron chi connectivity index (χ0n) is 19.1. The molecule has 3 heteroatoms. The van der Waals surface area contributed by atoms with Gasteiger partial charge >= 0.3 is 5.97 Å². The fourth-order valence-electron chi connectivity index (χ4n) is 6.06. The summed E-state index contributed by atoms with van der Waals surface area (Å²) in [5, 5.41) is 10.0. The second-order valence-corrected chi connectivity index (χ2v) is 10.2. The van der Waals surface area contributed by atoms with Gasteiger partial charge in [-0.25, -0.2) is 0 Å². The van der Waals surface area contributed by atoms with Gasteiger partial charge in [0.15, 0.2) is 0 Å². The molecule has 0 radical (unpaired) electrons. The van der Waals surface area contributed by atoms with Crippen LogP contribution in [0.15, 0.2) is 12.1 Å². The molecule has 3 atom stereocenters. The number of unbranched alkanes of at least 4 members (excludes halogenated alkanes) is 3. The number of carboxylic acids is 1. The third kappa shape index (κ3) is 4.07. The predicted octanol–water partition coefficient (Wildman–Crippen LogP) is 6.86. The first-order valence-corrected chi connectivity index (χ1v) is 11.8. The van der Waals surface area contributed by atoms with Crippen LogP contribution in [-0.2, 0) is 16.6 Å². The van der Waals surface area contributed by atoms with Gasteiger partial charge in [0.2, 0.25) is 0 Å². The fraction of sp³-hybridized carbons (Fsp3) is 0.731. The van der Waals surface area contributed by atoms with Gasteiger partial charge in [0.25, 0.3) is 0 Å². The molecule has 0 unspecified atom stereocenters. The Balaban J connectivity index is 1.95. The summed E-state index contributed by atoms with van der Waals surface area (Å²) in [6, 6.07) is 4.67. The summed E-state index contributed by atoms with van der Waals surface area (Å²) in [5.41, 5.74) is 3.38. The lowest BCUT2D eigenvalue weighted by molar-refractivity contribution is -0.157. The molecule has 1 fully saturated rings. The van der Waals surface area contributed by atoms with Crippen LogP contribution >= 0.6 is 0 Å². The summed E-state index contributed by atoms with van der Waals surface area (Å²) in [4.78, 5) is 12.2. The second kappa shape index (κ2) is 8.70. The van der Waals surface area contributed by atoms with E-state index in [0.29, 0.717) is 5.92 Å². The average molecular weight is 401 g/mol. The lowest BCUT2D eigenvalue weighted by Crippen LogP contribution is -2.52. The number of fused-ring (bicyclic) bond motifs is 3. The average Bonchev–Trinajstić information content (AvgIpc) is 2.67. The highest BCUT2D eigenvalue weighted by Gasteiger charge is 2.55. The highest BCUT2D eigenvalue weighted by molar-refractivity contribution is 5.75. The van der Waals surface area contributed by atoms with Crippen molar-refractivity contribution in [3.05, 3.63) is 28.8 Å². The summed E-state index contributed by atoms with van der Waals surface area (Å²) in [6.07, 6.45) is 9.61. The SMILES string of the molecule is CCCCCCOc1cc2c(cc1C(C)C)CC[C@H]1[C@](C)(C(=O)O)CCC[C@]21C. The van der Waals surface area contributed by atoms with E-state index in [4.69, 9.17) is 4.74 Å². The number of ether oxygens (including phenoxy) is 1. The molecular formula is C26H40O3. The first-order valence-electron chi connectivity index (χ1n) is 11.8. The predicted molar refractivity (Wildman–Crippen MR) is 119 cm³/mol. The van der Waals surface area contributed by atoms with Crippen molar-refractivity contribution in [3.63, 3.8) is 0 Å². The standard InChI is InChI=1S/C26H40O3/c1-6-7-8-9-15-29-22-17-21-19(16-20(22)18(2)3)11-12-23-25(21,4)13-10-14-26(23,5)24(27)28/h16-18,23H,6-15H2,1-5H3,(H,27,28)/t23-,25-,26-/m1/s1. The van der Waals surface area contributed by atoms with Crippen LogP contribution in [0.4, 0.5) is 0 Å². The first kappa shape index (κ1) is 22.2. The molecule has 29 heavy (non-hydrogen) atoms. The number of carboxylic acid groups (broad SMARTS) is 1. The topological polar surface area (TPSA) is 46.5 Å². The van der Waals surface area contributed by atoms with Crippen LogP contribution in [0.2, 0.25) is 0 Å². The normalized spacial score (nSPS) is 28.7. The van der Waals surface area contributed by atoms with Crippen LogP contribution in [0.3, 0.4) is 0 Å². The highest BCUT2D eigenvalue weighted by atomic mass is 16.5. The van der Waals surface area contributed by atoms with Gasteiger partial charge in [-0.15, -0.1) is 0 Å². The van der Waals surface area contributed by atoms with Gasteiger partial charge in [-0.1, -0.05) is 59.4 Å². The van der Waals surface area contributed by atoms with Gasteiger partial charge in [-0.2, -0.15) is 0 Å². The van der Waals surface area contributed by atoms with Crippen LogP contribution in [0.5, 0.6) is 5.75 Å². The summed E-state index contributed by atoms with van der Waals surface area (Å²) in [7, 11) is 0. The molecule has 1 aromatic carbocycles. The first-order chi connectivity index (χ1) is 13.7. The number of hydrogen-bond acceptors (Lipinski definition) is 2. The smallest absolute Gasteiger partial charge is 0.309 e. The molecule has 0 aromatic heterocycles. The lowest BCUT2D eigenvalue weighted by Gasteiger charge is -2.53. The van der Waals surface area contributed by atoms with Crippen LogP contribution in [0.1, 0.15) is 109 Å². The third-order valence-electron chi connectivity index (χ3n) is 7.85. The van der Waals surface area contributed by atoms with Crippen LogP contribution in [0.25, 0.3) is 0 Å². The monoisotopic (exact) mass is 400 g/mol. The van der Waals surface area contributed by atoms with Crippen molar-refractivity contribution in [1.82, 2.24) is 0 Å². The van der Waals surface area contributed by atoms with E-state index < -0.39 is 11.4 Å². The van der Waals surface area contributed by atoms with E-state index in [9.17, 15) is 9.90 Å². The van der Waals surface area contributed by atoms with Gasteiger partial charge in [0, 0.05) is 0 Å². The van der Waals surface area contributed by atoms with E-state index in [-0.39, 0.29) is 11.3 Å². The molecule has 2 aliphatic rings. The van der Waals surface area contributed by atoms with Crippen LogP contribution < -0.4 is 4.74 Å². The molecule has 0 saturated heterocycles. The molecule has 0 bridgehead atoms. The second-order valence-electron chi connectivity index (χ2n) is 10.2. The summed E-state index contributed by atoms with van der Waals surface area (Å²) in [6.45, 7) is 11.8. The maximum atomic E-state index is 12.2. The Morgan fingerprint density at radius 3 is 2.62 bits per heavy atom. The number of benzene rings is 1. The van der Waals surface area contributed by atoms with E-state index in [2.05, 4.69) is 39.8 Å². The van der Waals surface area contributed by atoms with Gasteiger partial charge < -0.3 is 9.84 Å². The number of rotatable bonds is 8. The van der Waals surface area contributed by atoms with Crippen molar-refractivity contribution in [1.29, 1.82) is 0 Å². The summed E-state index contributed by atoms with van der Waals surface area (Å²) in [5.74, 6) is 1.02. The molecule has 1 aromatic rings. The Labute approximate surface area is 177 Å². The van der Waals surface area contributed by atoms with Crippen molar-refractivity contribution in [2.75, 3.05) is 6.61 Å². The lowest BCUT2D eigenvalue weighted by atomic mass is 9.49. The van der Waals surface area contributed by atoms with Crippen LogP contribution in [0, 0.1) is 11.3 Å². The molecule has 3 rings (SSSR count). The minimum Gasteiger partial charge on any atom is -0.493 e. The highest BCUT2D eigenvalue weighted by Crippen LogP contribution is 2.58. The maximum absolute atomic E-state index is 12.2. The van der Waals surface area contributed by atoms with Crippen molar-refractivity contribution < 1.29 is 14.6 Å². The quantitative estimate of drug-likeness (QED) is 0.485. The molecule has 1 saturated carbocycles. The van der Waals surface area contributed by atoms with E-state index in [1.807, 2.05) is 6.92 Å². The van der Waals surface area contributed by atoms with Crippen molar-refractivity contribution >= 4 is 5.97 Å². The molecule has 2 aliphatic carbocycles. The number of aliphatic carboxylic acids is 1.